The zero-order valence-electron chi connectivity index (χ0n) is 13.6. The van der Waals surface area contributed by atoms with Gasteiger partial charge in [0.1, 0.15) is 6.61 Å². The molecule has 6 heteroatoms. The van der Waals surface area contributed by atoms with Crippen molar-refractivity contribution >= 4 is 17.7 Å². The Balaban J connectivity index is 1.61. The van der Waals surface area contributed by atoms with E-state index in [0.29, 0.717) is 32.9 Å². The van der Waals surface area contributed by atoms with Crippen LogP contribution in [-0.4, -0.2) is 49.3 Å². The second kappa shape index (κ2) is 6.43. The zero-order valence-corrected chi connectivity index (χ0v) is 13.6. The molecule has 0 radical (unpaired) electrons. The summed E-state index contributed by atoms with van der Waals surface area (Å²) in [7, 11) is 0. The number of fused-ring (bicyclic) bond motifs is 3. The van der Waals surface area contributed by atoms with E-state index in [-0.39, 0.29) is 24.0 Å². The van der Waals surface area contributed by atoms with Crippen LogP contribution >= 0.6 is 0 Å². The number of nitrogens with zero attached hydrogens (tertiary/aromatic N) is 2. The highest BCUT2D eigenvalue weighted by atomic mass is 16.6. The molecular weight excluding hydrogens is 308 g/mol. The molecule has 24 heavy (non-hydrogen) atoms. The third-order valence-corrected chi connectivity index (χ3v) is 5.19. The van der Waals surface area contributed by atoms with Crippen molar-refractivity contribution in [2.75, 3.05) is 31.3 Å². The van der Waals surface area contributed by atoms with Crippen molar-refractivity contribution in [3.63, 3.8) is 0 Å². The first kappa shape index (κ1) is 15.4. The molecule has 2 fully saturated rings. The van der Waals surface area contributed by atoms with Crippen molar-refractivity contribution < 1.29 is 19.1 Å². The van der Waals surface area contributed by atoms with Crippen LogP contribution in [0.5, 0.6) is 0 Å². The summed E-state index contributed by atoms with van der Waals surface area (Å²) in [5, 5.41) is 0. The molecule has 128 valence electrons. The van der Waals surface area contributed by atoms with Gasteiger partial charge in [-0.2, -0.15) is 0 Å². The summed E-state index contributed by atoms with van der Waals surface area (Å²) in [6.45, 7) is 2.93. The first-order valence-corrected chi connectivity index (χ1v) is 8.64. The summed E-state index contributed by atoms with van der Waals surface area (Å²) in [6.07, 6.45) is 2.06. The fourth-order valence-electron chi connectivity index (χ4n) is 3.83. The average molecular weight is 330 g/mol. The molecule has 0 aliphatic carbocycles. The van der Waals surface area contributed by atoms with Crippen LogP contribution in [0.25, 0.3) is 0 Å². The number of cyclic esters (lactones) is 1. The lowest BCUT2D eigenvalue weighted by atomic mass is 9.97. The molecule has 2 amide bonds. The van der Waals surface area contributed by atoms with E-state index in [2.05, 4.69) is 0 Å². The predicted octanol–water partition coefficient (Wildman–Crippen LogP) is 2.17. The van der Waals surface area contributed by atoms with Gasteiger partial charge in [0.25, 0.3) is 0 Å². The van der Waals surface area contributed by atoms with Crippen LogP contribution < -0.4 is 4.90 Å². The summed E-state index contributed by atoms with van der Waals surface area (Å²) in [4.78, 5) is 28.8. The normalized spacial score (nSPS) is 24.7. The summed E-state index contributed by atoms with van der Waals surface area (Å²) < 4.78 is 10.6. The molecule has 0 aromatic heterocycles. The number of amides is 2. The van der Waals surface area contributed by atoms with Crippen molar-refractivity contribution in [2.45, 2.75) is 31.8 Å². The van der Waals surface area contributed by atoms with Gasteiger partial charge < -0.3 is 14.4 Å². The topological polar surface area (TPSA) is 59.1 Å². The number of para-hydroxylation sites is 1. The molecule has 0 N–H and O–H groups in total. The minimum Gasteiger partial charge on any atom is -0.447 e. The second-order valence-corrected chi connectivity index (χ2v) is 6.66. The molecule has 3 aliphatic rings. The summed E-state index contributed by atoms with van der Waals surface area (Å²) >= 11 is 0. The van der Waals surface area contributed by atoms with Crippen LogP contribution in [-0.2, 0) is 20.8 Å². The highest BCUT2D eigenvalue weighted by Gasteiger charge is 2.38. The molecule has 1 aromatic rings. The summed E-state index contributed by atoms with van der Waals surface area (Å²) in [5.74, 6) is 0.273. The molecule has 1 aromatic carbocycles. The molecule has 0 bridgehead atoms. The number of ether oxygens (including phenoxy) is 2. The van der Waals surface area contributed by atoms with Crippen LogP contribution in [0, 0.1) is 5.92 Å². The average Bonchev–Trinajstić information content (AvgIpc) is 2.97. The van der Waals surface area contributed by atoms with Crippen molar-refractivity contribution in [1.82, 2.24) is 4.90 Å². The van der Waals surface area contributed by atoms with Crippen LogP contribution in [0.4, 0.5) is 10.5 Å². The SMILES string of the molecule is O=C(C1CCOCC1)N1CC[C@H]2COC(=O)N2c2ccccc2C1. The summed E-state index contributed by atoms with van der Waals surface area (Å²) in [6, 6.07) is 7.82. The lowest BCUT2D eigenvalue weighted by molar-refractivity contribution is -0.139. The fraction of sp³-hybridized carbons (Fsp3) is 0.556. The maximum Gasteiger partial charge on any atom is 0.414 e. The zero-order chi connectivity index (χ0) is 16.5. The van der Waals surface area contributed by atoms with Crippen molar-refractivity contribution in [3.8, 4) is 0 Å². The second-order valence-electron chi connectivity index (χ2n) is 6.66. The van der Waals surface area contributed by atoms with E-state index in [1.165, 1.54) is 0 Å². The molecule has 4 rings (SSSR count). The van der Waals surface area contributed by atoms with Gasteiger partial charge in [-0.1, -0.05) is 18.2 Å². The number of hydrogen-bond donors (Lipinski definition) is 0. The van der Waals surface area contributed by atoms with E-state index in [1.54, 1.807) is 4.90 Å². The van der Waals surface area contributed by atoms with E-state index in [0.717, 1.165) is 30.5 Å². The number of hydrogen-bond acceptors (Lipinski definition) is 4. The first-order valence-electron chi connectivity index (χ1n) is 8.64. The molecule has 6 nitrogen and oxygen atoms in total. The Hall–Kier alpha value is -2.08. The molecule has 1 atom stereocenters. The number of carbonyl (C=O) groups excluding carboxylic acids is 2. The maximum absolute atomic E-state index is 12.9. The van der Waals surface area contributed by atoms with Gasteiger partial charge in [0.2, 0.25) is 5.91 Å². The largest absolute Gasteiger partial charge is 0.447 e. The van der Waals surface area contributed by atoms with E-state index in [1.807, 2.05) is 29.2 Å². The van der Waals surface area contributed by atoms with E-state index >= 15 is 0 Å². The molecule has 0 saturated carbocycles. The maximum atomic E-state index is 12.9. The van der Waals surface area contributed by atoms with Gasteiger partial charge in [-0.15, -0.1) is 0 Å². The number of benzene rings is 1. The Morgan fingerprint density at radius 3 is 2.75 bits per heavy atom. The summed E-state index contributed by atoms with van der Waals surface area (Å²) in [5.41, 5.74) is 1.87. The molecule has 0 spiro atoms. The minimum absolute atomic E-state index is 0.00365. The van der Waals surface area contributed by atoms with Crippen molar-refractivity contribution in [1.29, 1.82) is 0 Å². The van der Waals surface area contributed by atoms with Gasteiger partial charge in [-0.25, -0.2) is 4.79 Å². The molecule has 0 unspecified atom stereocenters. The van der Waals surface area contributed by atoms with Crippen LogP contribution in [0.3, 0.4) is 0 Å². The van der Waals surface area contributed by atoms with Gasteiger partial charge in [0.05, 0.1) is 11.7 Å². The Morgan fingerprint density at radius 1 is 1.12 bits per heavy atom. The third kappa shape index (κ3) is 2.75. The minimum atomic E-state index is -0.281. The first-order chi connectivity index (χ1) is 11.7. The lowest BCUT2D eigenvalue weighted by Crippen LogP contribution is -2.44. The molecule has 3 heterocycles. The number of rotatable bonds is 1. The molecule has 2 saturated heterocycles. The van der Waals surface area contributed by atoms with Crippen molar-refractivity contribution in [2.24, 2.45) is 5.92 Å². The Kier molecular flexibility index (Phi) is 4.14. The van der Waals surface area contributed by atoms with Gasteiger partial charge in [-0.3, -0.25) is 9.69 Å². The standard InChI is InChI=1S/C18H22N2O4/c21-17(13-6-9-23-10-7-13)19-8-5-15-12-24-18(22)20(15)16-4-2-1-3-14(16)11-19/h1-4,13,15H,5-12H2/t15-/m0/s1. The van der Waals surface area contributed by atoms with Crippen LogP contribution in [0.1, 0.15) is 24.8 Å². The van der Waals surface area contributed by atoms with Gasteiger partial charge >= 0.3 is 6.09 Å². The molecular formula is C18H22N2O4. The Bertz CT molecular complexity index is 642. The highest BCUT2D eigenvalue weighted by molar-refractivity contribution is 5.91. The van der Waals surface area contributed by atoms with Gasteiger partial charge in [0.15, 0.2) is 0 Å². The highest BCUT2D eigenvalue weighted by Crippen LogP contribution is 2.32. The van der Waals surface area contributed by atoms with E-state index in [9.17, 15) is 9.59 Å². The Morgan fingerprint density at radius 2 is 1.92 bits per heavy atom. The molecule has 3 aliphatic heterocycles. The predicted molar refractivity (Wildman–Crippen MR) is 87.6 cm³/mol. The quantitative estimate of drug-likeness (QED) is 0.792. The van der Waals surface area contributed by atoms with E-state index < -0.39 is 0 Å². The number of carbonyl (C=O) groups is 2. The smallest absolute Gasteiger partial charge is 0.414 e. The Labute approximate surface area is 141 Å². The third-order valence-electron chi connectivity index (χ3n) is 5.19. The fourth-order valence-corrected chi connectivity index (χ4v) is 3.83. The number of anilines is 1. The van der Waals surface area contributed by atoms with Crippen molar-refractivity contribution in [3.05, 3.63) is 29.8 Å². The monoisotopic (exact) mass is 330 g/mol. The van der Waals surface area contributed by atoms with E-state index in [4.69, 9.17) is 9.47 Å². The van der Waals surface area contributed by atoms with Crippen LogP contribution in [0.2, 0.25) is 0 Å². The lowest BCUT2D eigenvalue weighted by Gasteiger charge is -2.34. The van der Waals surface area contributed by atoms with Crippen LogP contribution in [0.15, 0.2) is 24.3 Å². The van der Waals surface area contributed by atoms with Gasteiger partial charge in [-0.05, 0) is 30.9 Å². The van der Waals surface area contributed by atoms with Gasteiger partial charge in [0, 0.05) is 32.2 Å².